The summed E-state index contributed by atoms with van der Waals surface area (Å²) in [6.07, 6.45) is -1.89. The Morgan fingerprint density at radius 3 is 2.32 bits per heavy atom. The fourth-order valence-corrected chi connectivity index (χ4v) is 4.34. The lowest BCUT2D eigenvalue weighted by Crippen LogP contribution is -2.51. The molecule has 1 saturated heterocycles. The van der Waals surface area contributed by atoms with Crippen molar-refractivity contribution in [2.45, 2.75) is 30.6 Å². The molecule has 1 unspecified atom stereocenters. The lowest BCUT2D eigenvalue weighted by atomic mass is 9.89. The van der Waals surface area contributed by atoms with Gasteiger partial charge >= 0.3 is 11.9 Å². The van der Waals surface area contributed by atoms with E-state index in [1.807, 2.05) is 0 Å². The van der Waals surface area contributed by atoms with Gasteiger partial charge in [0.1, 0.15) is 30.2 Å². The highest BCUT2D eigenvalue weighted by molar-refractivity contribution is 5.90. The Labute approximate surface area is 210 Å². The van der Waals surface area contributed by atoms with Crippen molar-refractivity contribution in [3.05, 3.63) is 95.9 Å². The molecule has 1 aliphatic heterocycles. The van der Waals surface area contributed by atoms with E-state index < -0.39 is 42.2 Å². The summed E-state index contributed by atoms with van der Waals surface area (Å²) in [5, 5.41) is 15.7. The minimum absolute atomic E-state index is 0.101. The first-order valence-electron chi connectivity index (χ1n) is 11.4. The Balaban J connectivity index is 1.50. The first-order valence-corrected chi connectivity index (χ1v) is 11.4. The number of nitrogen functional groups attached to an aromatic ring is 1. The number of alkyl halides is 1. The molecule has 0 spiro atoms. The molecule has 1 fully saturated rings. The second-order valence-corrected chi connectivity index (χ2v) is 8.69. The number of benzene rings is 2. The summed E-state index contributed by atoms with van der Waals surface area (Å²) in [6.45, 7) is 0.529. The van der Waals surface area contributed by atoms with Crippen molar-refractivity contribution in [2.75, 3.05) is 12.3 Å². The summed E-state index contributed by atoms with van der Waals surface area (Å²) in [6, 6.07) is 19.0. The molecular formula is C26H23FN4O6. The lowest BCUT2D eigenvalue weighted by Gasteiger charge is -2.32. The Kier molecular flexibility index (Phi) is 6.10. The smallest absolute Gasteiger partial charge is 0.338 e. The minimum Gasteiger partial charge on any atom is -0.459 e. The van der Waals surface area contributed by atoms with Crippen molar-refractivity contribution in [3.63, 3.8) is 0 Å². The molecule has 1 aliphatic rings. The summed E-state index contributed by atoms with van der Waals surface area (Å²) < 4.78 is 34.5. The summed E-state index contributed by atoms with van der Waals surface area (Å²) in [4.78, 5) is 29.3. The van der Waals surface area contributed by atoms with Crippen LogP contribution in [0.3, 0.4) is 0 Å². The summed E-state index contributed by atoms with van der Waals surface area (Å²) in [5.41, 5.74) is 3.80. The average Bonchev–Trinajstić information content (AvgIpc) is 3.43. The van der Waals surface area contributed by atoms with Gasteiger partial charge in [0.15, 0.2) is 11.9 Å². The molecule has 2 aromatic heterocycles. The van der Waals surface area contributed by atoms with Crippen LogP contribution in [0, 0.1) is 0 Å². The number of rotatable bonds is 6. The van der Waals surface area contributed by atoms with Crippen LogP contribution in [0.1, 0.15) is 33.3 Å². The van der Waals surface area contributed by atoms with Crippen molar-refractivity contribution < 1.29 is 33.3 Å². The van der Waals surface area contributed by atoms with Crippen LogP contribution in [0.25, 0.3) is 5.52 Å². The maximum absolute atomic E-state index is 16.6. The van der Waals surface area contributed by atoms with Gasteiger partial charge in [-0.3, -0.25) is 0 Å². The van der Waals surface area contributed by atoms with E-state index in [4.69, 9.17) is 19.9 Å². The second-order valence-electron chi connectivity index (χ2n) is 8.69. The van der Waals surface area contributed by atoms with E-state index in [9.17, 15) is 14.7 Å². The largest absolute Gasteiger partial charge is 0.459 e. The fraction of sp³-hybridized carbons (Fsp3) is 0.231. The zero-order valence-electron chi connectivity index (χ0n) is 19.7. The zero-order chi connectivity index (χ0) is 26.2. The van der Waals surface area contributed by atoms with Crippen LogP contribution in [0.2, 0.25) is 0 Å². The van der Waals surface area contributed by atoms with E-state index >= 15 is 4.39 Å². The van der Waals surface area contributed by atoms with Crippen molar-refractivity contribution in [1.82, 2.24) is 14.6 Å². The van der Waals surface area contributed by atoms with Crippen LogP contribution in [0.4, 0.5) is 10.2 Å². The number of nitrogens with zero attached hydrogens (tertiary/aromatic N) is 3. The Hall–Kier alpha value is -4.35. The topological polar surface area (TPSA) is 138 Å². The van der Waals surface area contributed by atoms with Gasteiger partial charge in [-0.25, -0.2) is 23.5 Å². The number of ether oxygens (including phenoxy) is 3. The molecule has 0 amide bonds. The first-order chi connectivity index (χ1) is 17.7. The molecule has 11 heteroatoms. The predicted molar refractivity (Wildman–Crippen MR) is 128 cm³/mol. The van der Waals surface area contributed by atoms with Gasteiger partial charge in [0.2, 0.25) is 11.5 Å². The van der Waals surface area contributed by atoms with Gasteiger partial charge in [-0.1, -0.05) is 36.4 Å². The van der Waals surface area contributed by atoms with Gasteiger partial charge in [-0.15, -0.1) is 0 Å². The summed E-state index contributed by atoms with van der Waals surface area (Å²) >= 11 is 0. The molecule has 10 nitrogen and oxygen atoms in total. The molecule has 0 bridgehead atoms. The molecule has 2 aromatic carbocycles. The summed E-state index contributed by atoms with van der Waals surface area (Å²) in [5.74, 6) is -4.09. The molecule has 4 atom stereocenters. The van der Waals surface area contributed by atoms with Crippen LogP contribution < -0.4 is 5.73 Å². The SMILES string of the molecule is C[C@@]1(F)[C@H](OC(=O)c2ccccc2)[C@@H](COC(=O)c2ccccc2)OC1(O)c1ccc2c(N)ncnn12. The molecule has 37 heavy (non-hydrogen) atoms. The summed E-state index contributed by atoms with van der Waals surface area (Å²) in [7, 11) is 0. The zero-order valence-corrected chi connectivity index (χ0v) is 19.7. The second kappa shape index (κ2) is 9.26. The van der Waals surface area contributed by atoms with Crippen LogP contribution in [-0.4, -0.2) is 56.1 Å². The van der Waals surface area contributed by atoms with Gasteiger partial charge < -0.3 is 25.1 Å². The van der Waals surface area contributed by atoms with Gasteiger partial charge in [-0.2, -0.15) is 5.10 Å². The fourth-order valence-electron chi connectivity index (χ4n) is 4.34. The number of anilines is 1. The quantitative estimate of drug-likeness (QED) is 0.378. The first kappa shape index (κ1) is 24.3. The van der Waals surface area contributed by atoms with Crippen LogP contribution >= 0.6 is 0 Å². The van der Waals surface area contributed by atoms with E-state index in [1.165, 1.54) is 28.8 Å². The molecule has 190 valence electrons. The van der Waals surface area contributed by atoms with E-state index in [0.717, 1.165) is 13.3 Å². The van der Waals surface area contributed by atoms with Gasteiger partial charge in [-0.05, 0) is 43.3 Å². The highest BCUT2D eigenvalue weighted by Crippen LogP contribution is 2.49. The van der Waals surface area contributed by atoms with Crippen LogP contribution in [0.15, 0.2) is 79.1 Å². The third-order valence-corrected chi connectivity index (χ3v) is 6.32. The van der Waals surface area contributed by atoms with Crippen molar-refractivity contribution in [2.24, 2.45) is 0 Å². The normalized spacial score (nSPS) is 25.2. The molecule has 0 radical (unpaired) electrons. The Morgan fingerprint density at radius 2 is 1.68 bits per heavy atom. The van der Waals surface area contributed by atoms with Gasteiger partial charge in [0, 0.05) is 0 Å². The molecule has 3 heterocycles. The van der Waals surface area contributed by atoms with Crippen LogP contribution in [-0.2, 0) is 20.0 Å². The van der Waals surface area contributed by atoms with Crippen LogP contribution in [0.5, 0.6) is 0 Å². The van der Waals surface area contributed by atoms with Crippen molar-refractivity contribution in [3.8, 4) is 0 Å². The molecule has 4 aromatic rings. The van der Waals surface area contributed by atoms with E-state index in [0.29, 0.717) is 5.52 Å². The lowest BCUT2D eigenvalue weighted by molar-refractivity contribution is -0.256. The number of fused-ring (bicyclic) bond motifs is 1. The third kappa shape index (κ3) is 4.17. The number of aliphatic hydroxyl groups is 1. The van der Waals surface area contributed by atoms with Gasteiger partial charge in [0.25, 0.3) is 0 Å². The van der Waals surface area contributed by atoms with Gasteiger partial charge in [0.05, 0.1) is 11.1 Å². The van der Waals surface area contributed by atoms with Crippen molar-refractivity contribution in [1.29, 1.82) is 0 Å². The molecule has 5 rings (SSSR count). The number of nitrogens with two attached hydrogens (primary N) is 1. The molecular weight excluding hydrogens is 483 g/mol. The molecule has 3 N–H and O–H groups in total. The third-order valence-electron chi connectivity index (χ3n) is 6.32. The molecule has 0 saturated carbocycles. The minimum atomic E-state index is -2.71. The van der Waals surface area contributed by atoms with Crippen molar-refractivity contribution >= 4 is 23.3 Å². The highest BCUT2D eigenvalue weighted by atomic mass is 19.1. The number of carbonyl (C=O) groups excluding carboxylic acids is 2. The number of carbonyl (C=O) groups is 2. The number of hydrogen-bond acceptors (Lipinski definition) is 9. The average molecular weight is 506 g/mol. The number of esters is 2. The number of hydrogen-bond donors (Lipinski definition) is 2. The maximum Gasteiger partial charge on any atom is 0.338 e. The Bertz CT molecular complexity index is 1450. The van der Waals surface area contributed by atoms with E-state index in [2.05, 4.69) is 10.1 Å². The standard InChI is InChI=1S/C26H23FN4O6/c1-25(27)21(36-24(33)17-10-6-3-7-11-17)19(14-35-23(32)16-8-4-2-5-9-16)37-26(25,34)20-13-12-18-22(28)29-15-30-31(18)20/h2-13,15,19,21,34H,14H2,1H3,(H2,28,29,30)/t19-,21-,25-,26?/m1/s1. The molecule has 0 aliphatic carbocycles. The van der Waals surface area contributed by atoms with E-state index in [-0.39, 0.29) is 22.6 Å². The monoisotopic (exact) mass is 506 g/mol. The number of aromatic nitrogens is 3. The number of halogens is 1. The maximum atomic E-state index is 16.6. The highest BCUT2D eigenvalue weighted by Gasteiger charge is 2.68. The van der Waals surface area contributed by atoms with E-state index in [1.54, 1.807) is 48.5 Å². The Morgan fingerprint density at radius 1 is 1.05 bits per heavy atom. The predicted octanol–water partition coefficient (Wildman–Crippen LogP) is 2.67.